The minimum atomic E-state index is -0.171. The predicted molar refractivity (Wildman–Crippen MR) is 141 cm³/mol. The summed E-state index contributed by atoms with van der Waals surface area (Å²) in [5.74, 6) is 1.47. The number of hydrogen-bond acceptors (Lipinski definition) is 5. The van der Waals surface area contributed by atoms with E-state index in [1.54, 1.807) is 23.8 Å². The topological polar surface area (TPSA) is 61.2 Å². The number of carbonyl (C=O) groups is 1. The minimum absolute atomic E-state index is 0.0183. The van der Waals surface area contributed by atoms with Gasteiger partial charge in [-0.1, -0.05) is 73.5 Å². The summed E-state index contributed by atoms with van der Waals surface area (Å²) in [7, 11) is 1.59. The Bertz CT molecular complexity index is 1410. The maximum absolute atomic E-state index is 13.4. The first-order chi connectivity index (χ1) is 17.1. The molecule has 6 heteroatoms. The number of benzene rings is 3. The summed E-state index contributed by atoms with van der Waals surface area (Å²) in [5, 5.41) is 1.01. The zero-order valence-electron chi connectivity index (χ0n) is 19.8. The number of thioether (sulfide) groups is 1. The van der Waals surface area contributed by atoms with Crippen LogP contribution in [0, 0.1) is 0 Å². The Morgan fingerprint density at radius 1 is 1.00 bits per heavy atom. The van der Waals surface area contributed by atoms with Crippen LogP contribution in [0.2, 0.25) is 0 Å². The quantitative estimate of drug-likeness (QED) is 0.172. The second-order valence-electron chi connectivity index (χ2n) is 8.92. The Morgan fingerprint density at radius 2 is 1.77 bits per heavy atom. The lowest BCUT2D eigenvalue weighted by molar-refractivity contribution is 0.102. The predicted octanol–water partition coefficient (Wildman–Crippen LogP) is 6.42. The molecule has 4 aromatic rings. The van der Waals surface area contributed by atoms with Crippen LogP contribution >= 0.6 is 11.8 Å². The number of carbonyl (C=O) groups excluding carboxylic acids is 1. The van der Waals surface area contributed by atoms with Crippen LogP contribution in [-0.4, -0.2) is 28.2 Å². The number of rotatable bonds is 7. The summed E-state index contributed by atoms with van der Waals surface area (Å²) in [6.45, 7) is 0. The highest BCUT2D eigenvalue weighted by molar-refractivity contribution is 7.99. The second kappa shape index (κ2) is 10.5. The molecule has 1 fully saturated rings. The van der Waals surface area contributed by atoms with E-state index in [1.807, 2.05) is 48.5 Å². The van der Waals surface area contributed by atoms with Gasteiger partial charge in [-0.05, 0) is 48.6 Å². The molecule has 0 spiro atoms. The Labute approximate surface area is 209 Å². The molecule has 1 aliphatic carbocycles. The third kappa shape index (κ3) is 5.03. The van der Waals surface area contributed by atoms with Gasteiger partial charge in [0.2, 0.25) is 0 Å². The molecular formula is C29H28N2O3S. The van der Waals surface area contributed by atoms with Crippen LogP contribution in [-0.2, 0) is 0 Å². The maximum Gasteiger partial charge on any atom is 0.266 e. The van der Waals surface area contributed by atoms with Crippen LogP contribution in [0.4, 0.5) is 0 Å². The van der Waals surface area contributed by atoms with E-state index in [-0.39, 0.29) is 17.1 Å². The summed E-state index contributed by atoms with van der Waals surface area (Å²) in [6, 6.07) is 22.7. The van der Waals surface area contributed by atoms with Gasteiger partial charge in [-0.15, -0.1) is 0 Å². The largest absolute Gasteiger partial charge is 0.497 e. The van der Waals surface area contributed by atoms with Gasteiger partial charge in [0.1, 0.15) is 5.75 Å². The fourth-order valence-corrected chi connectivity index (χ4v) is 5.68. The average Bonchev–Trinajstić information content (AvgIpc) is 2.92. The fraction of sp³-hybridized carbons (Fsp3) is 0.276. The third-order valence-corrected chi connectivity index (χ3v) is 7.64. The lowest BCUT2D eigenvalue weighted by atomic mass is 9.84. The molecule has 5 rings (SSSR count). The van der Waals surface area contributed by atoms with Gasteiger partial charge in [0.25, 0.3) is 5.56 Å². The molecule has 1 heterocycles. The van der Waals surface area contributed by atoms with Gasteiger partial charge in [0, 0.05) is 11.6 Å². The number of methoxy groups -OCH3 is 1. The van der Waals surface area contributed by atoms with E-state index in [2.05, 4.69) is 12.1 Å². The average molecular weight is 485 g/mol. The third-order valence-electron chi connectivity index (χ3n) is 6.70. The number of aromatic nitrogens is 2. The van der Waals surface area contributed by atoms with E-state index in [0.717, 1.165) is 0 Å². The van der Waals surface area contributed by atoms with E-state index in [0.29, 0.717) is 39.0 Å². The van der Waals surface area contributed by atoms with Crippen molar-refractivity contribution in [3.05, 3.63) is 94.3 Å². The zero-order valence-corrected chi connectivity index (χ0v) is 20.6. The molecule has 178 valence electrons. The van der Waals surface area contributed by atoms with Gasteiger partial charge < -0.3 is 4.74 Å². The van der Waals surface area contributed by atoms with E-state index in [9.17, 15) is 9.59 Å². The number of ketones is 1. The van der Waals surface area contributed by atoms with Gasteiger partial charge in [0.15, 0.2) is 10.9 Å². The Morgan fingerprint density at radius 3 is 2.54 bits per heavy atom. The molecular weight excluding hydrogens is 456 g/mol. The first-order valence-electron chi connectivity index (χ1n) is 12.1. The molecule has 0 N–H and O–H groups in total. The van der Waals surface area contributed by atoms with Gasteiger partial charge in [-0.3, -0.25) is 14.2 Å². The highest BCUT2D eigenvalue weighted by Crippen LogP contribution is 2.33. The van der Waals surface area contributed by atoms with Gasteiger partial charge in [-0.25, -0.2) is 4.98 Å². The first kappa shape index (κ1) is 23.4. The summed E-state index contributed by atoms with van der Waals surface area (Å²) in [5.41, 5.74) is 3.11. The number of fused-ring (bicyclic) bond motifs is 1. The molecule has 1 saturated carbocycles. The number of para-hydroxylation sites is 1. The molecule has 0 bridgehead atoms. The number of ether oxygens (including phenoxy) is 1. The summed E-state index contributed by atoms with van der Waals surface area (Å²) < 4.78 is 6.92. The smallest absolute Gasteiger partial charge is 0.266 e. The summed E-state index contributed by atoms with van der Waals surface area (Å²) in [4.78, 5) is 31.2. The minimum Gasteiger partial charge on any atom is -0.497 e. The lowest BCUT2D eigenvalue weighted by Gasteiger charge is -2.22. The number of Topliss-reactive ketones (excluding diaryl/α,β-unsaturated/α-hetero) is 1. The van der Waals surface area contributed by atoms with Crippen molar-refractivity contribution in [1.82, 2.24) is 9.55 Å². The monoisotopic (exact) mass is 484 g/mol. The van der Waals surface area contributed by atoms with Crippen molar-refractivity contribution >= 4 is 28.4 Å². The van der Waals surface area contributed by atoms with Crippen molar-refractivity contribution in [3.63, 3.8) is 0 Å². The molecule has 35 heavy (non-hydrogen) atoms. The van der Waals surface area contributed by atoms with Crippen molar-refractivity contribution in [2.45, 2.75) is 43.2 Å². The van der Waals surface area contributed by atoms with Crippen LogP contribution in [0.5, 0.6) is 5.75 Å². The van der Waals surface area contributed by atoms with E-state index in [4.69, 9.17) is 9.72 Å². The van der Waals surface area contributed by atoms with E-state index >= 15 is 0 Å². The van der Waals surface area contributed by atoms with Crippen LogP contribution in [0.1, 0.15) is 53.9 Å². The molecule has 5 nitrogen and oxygen atoms in total. The molecule has 3 aromatic carbocycles. The Balaban J connectivity index is 1.42. The Hall–Kier alpha value is -3.38. The second-order valence-corrected chi connectivity index (χ2v) is 9.86. The lowest BCUT2D eigenvalue weighted by Crippen LogP contribution is -2.22. The van der Waals surface area contributed by atoms with Crippen molar-refractivity contribution in [3.8, 4) is 11.4 Å². The molecule has 0 aliphatic heterocycles. The van der Waals surface area contributed by atoms with Crippen LogP contribution < -0.4 is 10.3 Å². The SMILES string of the molecule is COc1cccc(-n2c(SCC(=O)c3ccc(C4CCCCC4)cc3)nc3ccccc3c2=O)c1. The Kier molecular flexibility index (Phi) is 7.00. The van der Waals surface area contributed by atoms with Gasteiger partial charge in [-0.2, -0.15) is 0 Å². The molecule has 0 amide bonds. The van der Waals surface area contributed by atoms with Crippen molar-refractivity contribution in [2.75, 3.05) is 12.9 Å². The normalized spacial score (nSPS) is 14.2. The molecule has 0 saturated heterocycles. The molecule has 0 radical (unpaired) electrons. The standard InChI is InChI=1S/C29H28N2O3S/c1-34-24-11-7-10-23(18-24)31-28(33)25-12-5-6-13-26(25)30-29(31)35-19-27(32)22-16-14-21(15-17-22)20-8-3-2-4-9-20/h5-7,10-18,20H,2-4,8-9,19H2,1H3. The maximum atomic E-state index is 13.4. The van der Waals surface area contributed by atoms with Crippen LogP contribution in [0.3, 0.4) is 0 Å². The first-order valence-corrected chi connectivity index (χ1v) is 13.0. The van der Waals surface area contributed by atoms with Gasteiger partial charge >= 0.3 is 0 Å². The highest BCUT2D eigenvalue weighted by atomic mass is 32.2. The fourth-order valence-electron chi connectivity index (χ4n) is 4.78. The van der Waals surface area contributed by atoms with E-state index in [1.165, 1.54) is 49.4 Å². The molecule has 0 atom stereocenters. The van der Waals surface area contributed by atoms with Crippen LogP contribution in [0.25, 0.3) is 16.6 Å². The van der Waals surface area contributed by atoms with E-state index < -0.39 is 0 Å². The summed E-state index contributed by atoms with van der Waals surface area (Å²) >= 11 is 1.28. The van der Waals surface area contributed by atoms with Crippen molar-refractivity contribution in [2.24, 2.45) is 0 Å². The number of hydrogen-bond donors (Lipinski definition) is 0. The zero-order chi connectivity index (χ0) is 24.2. The highest BCUT2D eigenvalue weighted by Gasteiger charge is 2.18. The summed E-state index contributed by atoms with van der Waals surface area (Å²) in [6.07, 6.45) is 6.37. The molecule has 1 aromatic heterocycles. The van der Waals surface area contributed by atoms with Gasteiger partial charge in [0.05, 0.1) is 29.5 Å². The van der Waals surface area contributed by atoms with Crippen LogP contribution in [0.15, 0.2) is 82.7 Å². The molecule has 0 unspecified atom stereocenters. The van der Waals surface area contributed by atoms with Crippen molar-refractivity contribution < 1.29 is 9.53 Å². The molecule has 1 aliphatic rings. The van der Waals surface area contributed by atoms with Crippen molar-refractivity contribution in [1.29, 1.82) is 0 Å². The number of nitrogens with zero attached hydrogens (tertiary/aromatic N) is 2.